The third-order valence-electron chi connectivity index (χ3n) is 4.53. The van der Waals surface area contributed by atoms with Crippen molar-refractivity contribution in [2.45, 2.75) is 62.4 Å². The van der Waals surface area contributed by atoms with Gasteiger partial charge in [0, 0.05) is 12.5 Å². The number of alkyl halides is 3. The van der Waals surface area contributed by atoms with E-state index in [2.05, 4.69) is 16.0 Å². The Balaban J connectivity index is 2.66. The molecule has 1 aromatic rings. The largest absolute Gasteiger partial charge is 0.497 e. The summed E-state index contributed by atoms with van der Waals surface area (Å²) in [5.74, 6) is -0.987. The Bertz CT molecular complexity index is 1000. The van der Waals surface area contributed by atoms with E-state index in [4.69, 9.17) is 49.0 Å². The molecule has 0 saturated heterocycles. The number of anilines is 1. The lowest BCUT2D eigenvalue weighted by Crippen LogP contribution is -2.46. The van der Waals surface area contributed by atoms with Crippen LogP contribution in [0.15, 0.2) is 24.3 Å². The first kappa shape index (κ1) is 33.3. The van der Waals surface area contributed by atoms with Gasteiger partial charge in [0.1, 0.15) is 30.5 Å². The minimum atomic E-state index is -1.65. The van der Waals surface area contributed by atoms with Gasteiger partial charge in [-0.25, -0.2) is 4.79 Å². The summed E-state index contributed by atoms with van der Waals surface area (Å²) in [5, 5.41) is 7.62. The van der Waals surface area contributed by atoms with Crippen molar-refractivity contribution in [1.82, 2.24) is 10.6 Å². The predicted octanol–water partition coefficient (Wildman–Crippen LogP) is 4.76. The summed E-state index contributed by atoms with van der Waals surface area (Å²) in [4.78, 5) is 48.3. The minimum Gasteiger partial charge on any atom is -0.497 e. The van der Waals surface area contributed by atoms with Gasteiger partial charge in [-0.15, -0.1) is 0 Å². The number of rotatable bonds is 12. The van der Waals surface area contributed by atoms with Crippen molar-refractivity contribution in [2.75, 3.05) is 25.6 Å². The molecular weight excluding hydrogens is 561 g/mol. The van der Waals surface area contributed by atoms with Crippen molar-refractivity contribution < 1.29 is 33.4 Å². The van der Waals surface area contributed by atoms with E-state index in [1.807, 2.05) is 6.08 Å². The van der Waals surface area contributed by atoms with E-state index in [0.29, 0.717) is 29.8 Å². The summed E-state index contributed by atoms with van der Waals surface area (Å²) in [7, 11) is 1.50. The van der Waals surface area contributed by atoms with Gasteiger partial charge in [0.25, 0.3) is 0 Å². The number of carbonyl (C=O) groups excluding carboxylic acids is 4. The van der Waals surface area contributed by atoms with Crippen molar-refractivity contribution >= 4 is 70.4 Å². The van der Waals surface area contributed by atoms with E-state index >= 15 is 0 Å². The van der Waals surface area contributed by atoms with E-state index in [1.54, 1.807) is 45.0 Å². The van der Waals surface area contributed by atoms with E-state index in [-0.39, 0.29) is 19.6 Å². The van der Waals surface area contributed by atoms with Crippen LogP contribution in [-0.2, 0) is 23.9 Å². The van der Waals surface area contributed by atoms with Crippen LogP contribution in [0.2, 0.25) is 0 Å². The Labute approximate surface area is 237 Å². The summed E-state index contributed by atoms with van der Waals surface area (Å²) < 4.78 is 13.5. The summed E-state index contributed by atoms with van der Waals surface area (Å²) in [6.45, 7) is 5.95. The van der Waals surface area contributed by atoms with E-state index < -0.39 is 39.3 Å². The van der Waals surface area contributed by atoms with Gasteiger partial charge in [0.15, 0.2) is 0 Å². The molecule has 38 heavy (non-hydrogen) atoms. The van der Waals surface area contributed by atoms with E-state index in [9.17, 15) is 19.2 Å². The second-order valence-electron chi connectivity index (χ2n) is 9.16. The number of alkyl carbamates (subject to hydrolysis) is 1. The lowest BCUT2D eigenvalue weighted by Gasteiger charge is -2.20. The second kappa shape index (κ2) is 15.7. The first-order valence-electron chi connectivity index (χ1n) is 11.7. The van der Waals surface area contributed by atoms with Crippen molar-refractivity contribution in [3.8, 4) is 5.75 Å². The molecule has 0 aliphatic heterocycles. The van der Waals surface area contributed by atoms with Crippen molar-refractivity contribution in [1.29, 1.82) is 0 Å². The molecule has 0 aliphatic carbocycles. The number of esters is 1. The molecule has 10 nitrogen and oxygen atoms in total. The molecule has 0 saturated carbocycles. The molecule has 212 valence electrons. The monoisotopic (exact) mass is 593 g/mol. The molecule has 3 N–H and O–H groups in total. The number of hydrogen-bond acceptors (Lipinski definition) is 7. The number of carbonyl (C=O) groups is 4. The zero-order valence-corrected chi connectivity index (χ0v) is 24.3. The van der Waals surface area contributed by atoms with E-state index in [0.717, 1.165) is 0 Å². The number of hydrogen-bond donors (Lipinski definition) is 3. The van der Waals surface area contributed by atoms with Gasteiger partial charge < -0.3 is 30.2 Å². The number of halogens is 3. The fourth-order valence-electron chi connectivity index (χ4n) is 2.79. The van der Waals surface area contributed by atoms with Crippen LogP contribution in [0.5, 0.6) is 5.75 Å². The fraction of sp³-hybridized carbons (Fsp3) is 0.520. The first-order valence-corrected chi connectivity index (χ1v) is 12.9. The first-order chi connectivity index (χ1) is 17.6. The Morgan fingerprint density at radius 3 is 2.39 bits per heavy atom. The number of amides is 3. The standard InChI is InChI=1S/C25H34Cl3N3O7/c1-16(30-20(32)14-29-23(35)38-24(2,3)4)22(34)31-19-13-18(36-5)12-11-17(19)9-7-6-8-10-21(33)37-15-25(26,27)28/h7,9,11-13,16H,6,8,10,14-15H2,1-5H3,(H,29,35)(H,30,32)(H,31,34). The molecule has 3 amide bonds. The van der Waals surface area contributed by atoms with Crippen LogP contribution >= 0.6 is 34.8 Å². The lowest BCUT2D eigenvalue weighted by molar-refractivity contribution is -0.143. The van der Waals surface area contributed by atoms with Gasteiger partial charge >= 0.3 is 12.1 Å². The predicted molar refractivity (Wildman–Crippen MR) is 148 cm³/mol. The number of ether oxygens (including phenoxy) is 3. The molecule has 1 atom stereocenters. The molecule has 0 spiro atoms. The van der Waals surface area contributed by atoms with Gasteiger partial charge in [-0.2, -0.15) is 0 Å². The highest BCUT2D eigenvalue weighted by atomic mass is 35.6. The molecule has 0 fully saturated rings. The van der Waals surface area contributed by atoms with Crippen LogP contribution in [0, 0.1) is 0 Å². The quantitative estimate of drug-likeness (QED) is 0.181. The van der Waals surface area contributed by atoms with Gasteiger partial charge in [0.05, 0.1) is 12.8 Å². The highest BCUT2D eigenvalue weighted by Gasteiger charge is 2.22. The molecule has 1 aromatic carbocycles. The number of unbranched alkanes of at least 4 members (excludes halogenated alkanes) is 1. The molecule has 1 rings (SSSR count). The summed E-state index contributed by atoms with van der Waals surface area (Å²) in [6, 6.07) is 4.24. The maximum atomic E-state index is 12.7. The highest BCUT2D eigenvalue weighted by Crippen LogP contribution is 2.26. The zero-order chi connectivity index (χ0) is 28.9. The Kier molecular flexibility index (Phi) is 13.7. The van der Waals surface area contributed by atoms with Crippen molar-refractivity contribution in [3.05, 3.63) is 29.8 Å². The van der Waals surface area contributed by atoms with Crippen LogP contribution in [0.25, 0.3) is 6.08 Å². The molecule has 0 bridgehead atoms. The zero-order valence-electron chi connectivity index (χ0n) is 22.0. The topological polar surface area (TPSA) is 132 Å². The third kappa shape index (κ3) is 14.9. The molecule has 13 heteroatoms. The van der Waals surface area contributed by atoms with Crippen LogP contribution < -0.4 is 20.7 Å². The number of benzene rings is 1. The summed E-state index contributed by atoms with van der Waals surface area (Å²) in [5.41, 5.74) is 0.443. The highest BCUT2D eigenvalue weighted by molar-refractivity contribution is 6.67. The Morgan fingerprint density at radius 2 is 1.79 bits per heavy atom. The van der Waals surface area contributed by atoms with Crippen molar-refractivity contribution in [3.63, 3.8) is 0 Å². The van der Waals surface area contributed by atoms with E-state index in [1.165, 1.54) is 14.0 Å². The average Bonchev–Trinajstić information content (AvgIpc) is 2.80. The molecule has 0 aromatic heterocycles. The van der Waals surface area contributed by atoms with Gasteiger partial charge in [-0.05, 0) is 58.2 Å². The van der Waals surface area contributed by atoms with Crippen LogP contribution in [0.1, 0.15) is 52.5 Å². The maximum Gasteiger partial charge on any atom is 0.408 e. The average molecular weight is 595 g/mol. The van der Waals surface area contributed by atoms with Crippen LogP contribution in [-0.4, -0.2) is 59.6 Å². The smallest absolute Gasteiger partial charge is 0.408 e. The molecule has 0 radical (unpaired) electrons. The Hall–Kier alpha value is -2.69. The number of methoxy groups -OCH3 is 1. The number of nitrogens with one attached hydrogen (secondary N) is 3. The second-order valence-corrected chi connectivity index (χ2v) is 11.7. The van der Waals surface area contributed by atoms with Gasteiger partial charge in [0.2, 0.25) is 15.6 Å². The molecule has 1 unspecified atom stereocenters. The fourth-order valence-corrected chi connectivity index (χ4v) is 2.95. The third-order valence-corrected chi connectivity index (χ3v) is 4.85. The Morgan fingerprint density at radius 1 is 1.11 bits per heavy atom. The SMILES string of the molecule is COc1ccc(C=CCCCC(=O)OCC(Cl)(Cl)Cl)c(NC(=O)C(C)NC(=O)CNC(=O)OC(C)(C)C)c1. The van der Waals surface area contributed by atoms with Crippen molar-refractivity contribution in [2.24, 2.45) is 0 Å². The molecule has 0 aliphatic rings. The lowest BCUT2D eigenvalue weighted by atomic mass is 10.1. The normalized spacial score (nSPS) is 12.4. The number of allylic oxidation sites excluding steroid dienone is 1. The van der Waals surface area contributed by atoms with Crippen LogP contribution in [0.4, 0.5) is 10.5 Å². The van der Waals surface area contributed by atoms with Crippen LogP contribution in [0.3, 0.4) is 0 Å². The van der Waals surface area contributed by atoms with Gasteiger partial charge in [-0.1, -0.05) is 47.0 Å². The summed E-state index contributed by atoms with van der Waals surface area (Å²) in [6.07, 6.45) is 4.10. The minimum absolute atomic E-state index is 0.150. The summed E-state index contributed by atoms with van der Waals surface area (Å²) >= 11 is 16.7. The molecule has 0 heterocycles. The molecular formula is C25H34Cl3N3O7. The van der Waals surface area contributed by atoms with Gasteiger partial charge in [-0.3, -0.25) is 14.4 Å². The maximum absolute atomic E-state index is 12.7.